The average molecular weight is 278 g/mol. The summed E-state index contributed by atoms with van der Waals surface area (Å²) in [7, 11) is 0. The molecular weight excluding hydrogens is 244 g/mol. The zero-order valence-electron chi connectivity index (χ0n) is 13.5. The summed E-state index contributed by atoms with van der Waals surface area (Å²) in [6.07, 6.45) is 15.0. The first kappa shape index (κ1) is 14.8. The Morgan fingerprint density at radius 1 is 0.950 bits per heavy atom. The summed E-state index contributed by atoms with van der Waals surface area (Å²) in [6, 6.07) is 0.932. The topological polar surface area (TPSA) is 15.3 Å². The summed E-state index contributed by atoms with van der Waals surface area (Å²) < 4.78 is 0. The van der Waals surface area contributed by atoms with Crippen molar-refractivity contribution in [2.24, 2.45) is 11.3 Å². The molecule has 1 aliphatic heterocycles. The van der Waals surface area contributed by atoms with Gasteiger partial charge in [0.15, 0.2) is 0 Å². The average Bonchev–Trinajstić information content (AvgIpc) is 2.95. The van der Waals surface area contributed by atoms with Crippen molar-refractivity contribution in [3.8, 4) is 0 Å². The lowest BCUT2D eigenvalue weighted by Gasteiger charge is -2.44. The number of nitrogens with zero attached hydrogens (tertiary/aromatic N) is 1. The second-order valence-electron chi connectivity index (χ2n) is 7.73. The molecule has 3 fully saturated rings. The third kappa shape index (κ3) is 3.39. The molecule has 0 aromatic heterocycles. The van der Waals surface area contributed by atoms with Crippen molar-refractivity contribution in [1.29, 1.82) is 0 Å². The van der Waals surface area contributed by atoms with Crippen LogP contribution in [0.2, 0.25) is 0 Å². The first-order valence-corrected chi connectivity index (χ1v) is 9.26. The van der Waals surface area contributed by atoms with Gasteiger partial charge in [0, 0.05) is 6.04 Å². The van der Waals surface area contributed by atoms with E-state index >= 15 is 0 Å². The van der Waals surface area contributed by atoms with E-state index in [1.165, 1.54) is 71.0 Å². The smallest absolute Gasteiger partial charge is 0.00956 e. The number of hydrogen-bond donors (Lipinski definition) is 1. The van der Waals surface area contributed by atoms with Crippen LogP contribution in [0, 0.1) is 11.3 Å². The summed E-state index contributed by atoms with van der Waals surface area (Å²) in [6.45, 7) is 7.33. The maximum atomic E-state index is 3.53. The van der Waals surface area contributed by atoms with E-state index in [1.54, 1.807) is 12.8 Å². The van der Waals surface area contributed by atoms with Gasteiger partial charge in [0.05, 0.1) is 0 Å². The van der Waals surface area contributed by atoms with Gasteiger partial charge in [-0.15, -0.1) is 0 Å². The van der Waals surface area contributed by atoms with E-state index in [2.05, 4.69) is 17.1 Å². The molecule has 0 atom stereocenters. The van der Waals surface area contributed by atoms with Gasteiger partial charge in [0.1, 0.15) is 0 Å². The van der Waals surface area contributed by atoms with Gasteiger partial charge in [0.25, 0.3) is 0 Å². The van der Waals surface area contributed by atoms with Crippen molar-refractivity contribution >= 4 is 0 Å². The van der Waals surface area contributed by atoms with Gasteiger partial charge in [-0.3, -0.25) is 0 Å². The molecular formula is C18H34N2. The van der Waals surface area contributed by atoms with E-state index < -0.39 is 0 Å². The summed E-state index contributed by atoms with van der Waals surface area (Å²) >= 11 is 0. The standard InChI is InChI=1S/C18H34N2/c1-2-19-15-16-7-13-20(14-8-16)17-5-11-18(12-6-17)9-3-4-10-18/h16-17,19H,2-15H2,1H3. The van der Waals surface area contributed by atoms with Gasteiger partial charge in [0.2, 0.25) is 0 Å². The van der Waals surface area contributed by atoms with Crippen LogP contribution < -0.4 is 5.32 Å². The molecule has 3 aliphatic rings. The van der Waals surface area contributed by atoms with Crippen molar-refractivity contribution in [3.05, 3.63) is 0 Å². The van der Waals surface area contributed by atoms with Crippen LogP contribution in [0.4, 0.5) is 0 Å². The lowest BCUT2D eigenvalue weighted by atomic mass is 9.71. The number of likely N-dealkylation sites (tertiary alicyclic amines) is 1. The lowest BCUT2D eigenvalue weighted by Crippen LogP contribution is -2.45. The molecule has 1 heterocycles. The highest BCUT2D eigenvalue weighted by atomic mass is 15.2. The molecule has 0 bridgehead atoms. The predicted molar refractivity (Wildman–Crippen MR) is 86.0 cm³/mol. The third-order valence-corrected chi connectivity index (χ3v) is 6.53. The van der Waals surface area contributed by atoms with Crippen LogP contribution in [-0.4, -0.2) is 37.1 Å². The van der Waals surface area contributed by atoms with Crippen LogP contribution >= 0.6 is 0 Å². The van der Waals surface area contributed by atoms with Crippen LogP contribution in [-0.2, 0) is 0 Å². The van der Waals surface area contributed by atoms with E-state index in [0.717, 1.165) is 23.9 Å². The molecule has 0 radical (unpaired) electrons. The monoisotopic (exact) mass is 278 g/mol. The van der Waals surface area contributed by atoms with Crippen LogP contribution in [0.5, 0.6) is 0 Å². The van der Waals surface area contributed by atoms with Crippen molar-refractivity contribution in [2.45, 2.75) is 77.2 Å². The predicted octanol–water partition coefficient (Wildman–Crippen LogP) is 3.81. The van der Waals surface area contributed by atoms with Gasteiger partial charge < -0.3 is 10.2 Å². The minimum atomic E-state index is 0.805. The molecule has 0 unspecified atom stereocenters. The maximum absolute atomic E-state index is 3.53. The fourth-order valence-electron chi connectivity index (χ4n) is 5.08. The molecule has 20 heavy (non-hydrogen) atoms. The SMILES string of the molecule is CCNCC1CCN(C2CCC3(CCCC3)CC2)CC1. The number of piperidine rings is 1. The molecule has 2 aliphatic carbocycles. The summed E-state index contributed by atoms with van der Waals surface area (Å²) in [5, 5.41) is 3.53. The summed E-state index contributed by atoms with van der Waals surface area (Å²) in [4.78, 5) is 2.84. The molecule has 1 saturated heterocycles. The zero-order valence-corrected chi connectivity index (χ0v) is 13.5. The van der Waals surface area contributed by atoms with Crippen molar-refractivity contribution in [2.75, 3.05) is 26.2 Å². The minimum Gasteiger partial charge on any atom is -0.317 e. The fourth-order valence-corrected chi connectivity index (χ4v) is 5.08. The minimum absolute atomic E-state index is 0.805. The summed E-state index contributed by atoms with van der Waals surface area (Å²) in [5.41, 5.74) is 0.805. The van der Waals surface area contributed by atoms with Crippen LogP contribution in [0.3, 0.4) is 0 Å². The Morgan fingerprint density at radius 2 is 1.60 bits per heavy atom. The Labute approximate surface area is 125 Å². The normalized spacial score (nSPS) is 29.2. The van der Waals surface area contributed by atoms with Crippen LogP contribution in [0.15, 0.2) is 0 Å². The molecule has 0 amide bonds. The summed E-state index contributed by atoms with van der Waals surface area (Å²) in [5.74, 6) is 0.941. The molecule has 0 aromatic rings. The fraction of sp³-hybridized carbons (Fsp3) is 1.00. The van der Waals surface area contributed by atoms with Crippen molar-refractivity contribution in [1.82, 2.24) is 10.2 Å². The molecule has 1 spiro atoms. The molecule has 3 rings (SSSR count). The number of hydrogen-bond acceptors (Lipinski definition) is 2. The molecule has 2 heteroatoms. The number of nitrogens with one attached hydrogen (secondary N) is 1. The molecule has 2 saturated carbocycles. The molecule has 0 aromatic carbocycles. The van der Waals surface area contributed by atoms with Crippen LogP contribution in [0.1, 0.15) is 71.1 Å². The van der Waals surface area contributed by atoms with Gasteiger partial charge >= 0.3 is 0 Å². The third-order valence-electron chi connectivity index (χ3n) is 6.53. The highest BCUT2D eigenvalue weighted by Gasteiger charge is 2.39. The van der Waals surface area contributed by atoms with Gasteiger partial charge in [-0.05, 0) is 88.9 Å². The highest BCUT2D eigenvalue weighted by molar-refractivity contribution is 4.92. The number of rotatable bonds is 4. The Bertz CT molecular complexity index is 278. The Balaban J connectivity index is 1.41. The second kappa shape index (κ2) is 6.79. The van der Waals surface area contributed by atoms with E-state index in [0.29, 0.717) is 0 Å². The first-order chi connectivity index (χ1) is 9.81. The largest absolute Gasteiger partial charge is 0.317 e. The Kier molecular flexibility index (Phi) is 5.04. The highest BCUT2D eigenvalue weighted by Crippen LogP contribution is 2.49. The van der Waals surface area contributed by atoms with Gasteiger partial charge in [-0.1, -0.05) is 19.8 Å². The molecule has 2 nitrogen and oxygen atoms in total. The molecule has 116 valence electrons. The molecule has 1 N–H and O–H groups in total. The zero-order chi connectivity index (χ0) is 13.8. The second-order valence-corrected chi connectivity index (χ2v) is 7.73. The maximum Gasteiger partial charge on any atom is 0.00956 e. The Hall–Kier alpha value is -0.0800. The van der Waals surface area contributed by atoms with E-state index in [1.807, 2.05) is 0 Å². The van der Waals surface area contributed by atoms with E-state index in [9.17, 15) is 0 Å². The van der Waals surface area contributed by atoms with Crippen molar-refractivity contribution in [3.63, 3.8) is 0 Å². The van der Waals surface area contributed by atoms with Gasteiger partial charge in [-0.25, -0.2) is 0 Å². The van der Waals surface area contributed by atoms with E-state index in [-0.39, 0.29) is 0 Å². The first-order valence-electron chi connectivity index (χ1n) is 9.26. The van der Waals surface area contributed by atoms with Crippen LogP contribution in [0.25, 0.3) is 0 Å². The lowest BCUT2D eigenvalue weighted by molar-refractivity contribution is 0.0653. The van der Waals surface area contributed by atoms with Gasteiger partial charge in [-0.2, -0.15) is 0 Å². The Morgan fingerprint density at radius 3 is 2.20 bits per heavy atom. The quantitative estimate of drug-likeness (QED) is 0.841. The van der Waals surface area contributed by atoms with E-state index in [4.69, 9.17) is 0 Å². The van der Waals surface area contributed by atoms with Crippen molar-refractivity contribution < 1.29 is 0 Å².